The molecule has 4 heteroatoms. The first-order valence-electron chi connectivity index (χ1n) is 10.1. The van der Waals surface area contributed by atoms with Gasteiger partial charge in [0.1, 0.15) is 0 Å². The Morgan fingerprint density at radius 3 is 2.32 bits per heavy atom. The summed E-state index contributed by atoms with van der Waals surface area (Å²) in [5, 5.41) is 2.57. The van der Waals surface area contributed by atoms with Gasteiger partial charge in [-0.1, -0.05) is 66.7 Å². The van der Waals surface area contributed by atoms with E-state index in [2.05, 4.69) is 82.8 Å². The summed E-state index contributed by atoms with van der Waals surface area (Å²) in [6.45, 7) is 0. The highest BCUT2D eigenvalue weighted by atomic mass is 32.1. The minimum atomic E-state index is 0.730. The van der Waals surface area contributed by atoms with Crippen molar-refractivity contribution < 1.29 is 0 Å². The Balaban J connectivity index is 1.43. The van der Waals surface area contributed by atoms with Crippen molar-refractivity contribution in [1.82, 2.24) is 15.0 Å². The van der Waals surface area contributed by atoms with Gasteiger partial charge < -0.3 is 0 Å². The lowest BCUT2D eigenvalue weighted by Gasteiger charge is -2.07. The molecule has 0 aliphatic rings. The molecule has 0 fully saturated rings. The van der Waals surface area contributed by atoms with E-state index in [9.17, 15) is 0 Å². The van der Waals surface area contributed by atoms with Crippen molar-refractivity contribution in [3.05, 3.63) is 104 Å². The predicted octanol–water partition coefficient (Wildman–Crippen LogP) is 7.24. The van der Waals surface area contributed by atoms with Gasteiger partial charge in [0.2, 0.25) is 0 Å². The second kappa shape index (κ2) is 7.42. The number of rotatable bonds is 3. The van der Waals surface area contributed by atoms with Gasteiger partial charge in [0.15, 0.2) is 5.82 Å². The summed E-state index contributed by atoms with van der Waals surface area (Å²) in [7, 11) is 0. The summed E-state index contributed by atoms with van der Waals surface area (Å²) in [6.07, 6.45) is 5.50. The van der Waals surface area contributed by atoms with E-state index in [1.54, 1.807) is 6.20 Å². The lowest BCUT2D eigenvalue weighted by atomic mass is 10.0. The largest absolute Gasteiger partial charge is 0.264 e. The maximum absolute atomic E-state index is 4.92. The number of benzene rings is 3. The number of hydrogen-bond donors (Lipinski definition) is 0. The molecule has 0 saturated carbocycles. The molecule has 0 bridgehead atoms. The van der Waals surface area contributed by atoms with Crippen molar-refractivity contribution in [2.75, 3.05) is 0 Å². The zero-order chi connectivity index (χ0) is 20.6. The Hall–Kier alpha value is -3.89. The van der Waals surface area contributed by atoms with Crippen LogP contribution < -0.4 is 0 Å². The first kappa shape index (κ1) is 17.9. The lowest BCUT2D eigenvalue weighted by molar-refractivity contribution is 1.18. The molecule has 0 atom stereocenters. The molecule has 0 N–H and O–H groups in total. The zero-order valence-corrected chi connectivity index (χ0v) is 17.4. The first-order chi connectivity index (χ1) is 15.4. The summed E-state index contributed by atoms with van der Waals surface area (Å²) < 4.78 is 2.56. The topological polar surface area (TPSA) is 38.7 Å². The summed E-state index contributed by atoms with van der Waals surface area (Å²) in [4.78, 5) is 13.7. The third-order valence-corrected chi connectivity index (χ3v) is 6.69. The summed E-state index contributed by atoms with van der Waals surface area (Å²) >= 11 is 1.82. The minimum absolute atomic E-state index is 0.730. The van der Waals surface area contributed by atoms with E-state index >= 15 is 0 Å². The van der Waals surface area contributed by atoms with Crippen LogP contribution in [0.15, 0.2) is 104 Å². The highest BCUT2D eigenvalue weighted by Gasteiger charge is 2.12. The molecule has 3 aromatic carbocycles. The third-order valence-electron chi connectivity index (χ3n) is 5.47. The van der Waals surface area contributed by atoms with Crippen LogP contribution in [0.5, 0.6) is 0 Å². The van der Waals surface area contributed by atoms with Crippen molar-refractivity contribution in [3.63, 3.8) is 0 Å². The molecule has 6 aromatic rings. The molecule has 0 saturated heterocycles. The van der Waals surface area contributed by atoms with E-state index in [0.717, 1.165) is 33.8 Å². The monoisotopic (exact) mass is 415 g/mol. The summed E-state index contributed by atoms with van der Waals surface area (Å²) in [5.74, 6) is 0.730. The van der Waals surface area contributed by atoms with Crippen LogP contribution in [0.3, 0.4) is 0 Å². The zero-order valence-electron chi connectivity index (χ0n) is 16.6. The van der Waals surface area contributed by atoms with Gasteiger partial charge in [0, 0.05) is 49.9 Å². The molecule has 0 aliphatic carbocycles. The van der Waals surface area contributed by atoms with Crippen LogP contribution in [0.2, 0.25) is 0 Å². The fourth-order valence-electron chi connectivity index (χ4n) is 3.94. The number of nitrogens with zero attached hydrogens (tertiary/aromatic N) is 3. The molecule has 0 amide bonds. The Labute approximate surface area is 183 Å². The minimum Gasteiger partial charge on any atom is -0.264 e. The Morgan fingerprint density at radius 1 is 0.613 bits per heavy atom. The van der Waals surface area contributed by atoms with Crippen molar-refractivity contribution in [2.24, 2.45) is 0 Å². The van der Waals surface area contributed by atoms with Gasteiger partial charge in [0.05, 0.1) is 5.69 Å². The predicted molar refractivity (Wildman–Crippen MR) is 129 cm³/mol. The van der Waals surface area contributed by atoms with Crippen LogP contribution in [0.25, 0.3) is 53.9 Å². The van der Waals surface area contributed by atoms with E-state index in [4.69, 9.17) is 4.98 Å². The highest BCUT2D eigenvalue weighted by molar-refractivity contribution is 7.26. The van der Waals surface area contributed by atoms with Crippen molar-refractivity contribution in [3.8, 4) is 33.8 Å². The lowest BCUT2D eigenvalue weighted by Crippen LogP contribution is -1.92. The number of aromatic nitrogens is 3. The van der Waals surface area contributed by atoms with Gasteiger partial charge in [-0.2, -0.15) is 0 Å². The summed E-state index contributed by atoms with van der Waals surface area (Å²) in [6, 6.07) is 29.3. The van der Waals surface area contributed by atoms with E-state index < -0.39 is 0 Å². The van der Waals surface area contributed by atoms with Crippen LogP contribution in [0, 0.1) is 0 Å². The quantitative estimate of drug-likeness (QED) is 0.306. The van der Waals surface area contributed by atoms with Crippen molar-refractivity contribution in [2.45, 2.75) is 0 Å². The van der Waals surface area contributed by atoms with Crippen LogP contribution in [0.4, 0.5) is 0 Å². The number of pyridine rings is 1. The molecule has 3 aromatic heterocycles. The maximum atomic E-state index is 4.92. The Morgan fingerprint density at radius 2 is 1.45 bits per heavy atom. The summed E-state index contributed by atoms with van der Waals surface area (Å²) in [5.41, 5.74) is 5.31. The molecule has 146 valence electrons. The van der Waals surface area contributed by atoms with Gasteiger partial charge in [-0.05, 0) is 29.3 Å². The Bertz CT molecular complexity index is 1520. The van der Waals surface area contributed by atoms with Crippen LogP contribution >= 0.6 is 11.3 Å². The maximum Gasteiger partial charge on any atom is 0.159 e. The van der Waals surface area contributed by atoms with Gasteiger partial charge in [0.25, 0.3) is 0 Å². The van der Waals surface area contributed by atoms with E-state index in [1.165, 1.54) is 20.2 Å². The number of thiophene rings is 1. The molecule has 0 aliphatic heterocycles. The van der Waals surface area contributed by atoms with Gasteiger partial charge in [-0.3, -0.25) is 4.98 Å². The van der Waals surface area contributed by atoms with E-state index in [1.807, 2.05) is 35.9 Å². The second-order valence-electron chi connectivity index (χ2n) is 7.37. The molecular weight excluding hydrogens is 398 g/mol. The molecule has 3 heterocycles. The van der Waals surface area contributed by atoms with E-state index in [-0.39, 0.29) is 0 Å². The molecule has 31 heavy (non-hydrogen) atoms. The highest BCUT2D eigenvalue weighted by Crippen LogP contribution is 2.39. The molecular formula is C27H17N3S. The van der Waals surface area contributed by atoms with Gasteiger partial charge in [-0.25, -0.2) is 9.97 Å². The fourth-order valence-corrected chi connectivity index (χ4v) is 5.17. The number of fused-ring (bicyclic) bond motifs is 3. The molecule has 6 rings (SSSR count). The second-order valence-corrected chi connectivity index (χ2v) is 8.42. The van der Waals surface area contributed by atoms with Gasteiger partial charge >= 0.3 is 0 Å². The van der Waals surface area contributed by atoms with Crippen LogP contribution in [-0.4, -0.2) is 15.0 Å². The molecule has 0 radical (unpaired) electrons. The molecule has 0 unspecified atom stereocenters. The standard InChI is InChI=1S/C27H17N3S/c1-2-9-25-21(6-1)22-7-3-8-23(26(22)31-25)24-14-16-29-27(30-24)19-12-10-18(11-13-19)20-5-4-15-28-17-20/h1-17H. The SMILES string of the molecule is c1cncc(-c2ccc(-c3nccc(-c4cccc5c4sc4ccccc45)n3)cc2)c1. The average molecular weight is 416 g/mol. The van der Waals surface area contributed by atoms with Crippen molar-refractivity contribution in [1.29, 1.82) is 0 Å². The van der Waals surface area contributed by atoms with Crippen molar-refractivity contribution >= 4 is 31.5 Å². The average Bonchev–Trinajstić information content (AvgIpc) is 3.24. The van der Waals surface area contributed by atoms with Gasteiger partial charge in [-0.15, -0.1) is 11.3 Å². The van der Waals surface area contributed by atoms with E-state index in [0.29, 0.717) is 0 Å². The fraction of sp³-hybridized carbons (Fsp3) is 0. The third kappa shape index (κ3) is 3.18. The molecule has 3 nitrogen and oxygen atoms in total. The van der Waals surface area contributed by atoms with Crippen LogP contribution in [0.1, 0.15) is 0 Å². The number of hydrogen-bond acceptors (Lipinski definition) is 4. The van der Waals surface area contributed by atoms with Crippen LogP contribution in [-0.2, 0) is 0 Å². The Kier molecular flexibility index (Phi) is 4.29. The smallest absolute Gasteiger partial charge is 0.159 e. The first-order valence-corrected chi connectivity index (χ1v) is 10.9. The molecule has 0 spiro atoms. The normalized spacial score (nSPS) is 11.2.